The van der Waals surface area contributed by atoms with E-state index in [2.05, 4.69) is 22.9 Å². The maximum absolute atomic E-state index is 14.3. The fourth-order valence-corrected chi connectivity index (χ4v) is 4.03. The van der Waals surface area contributed by atoms with Crippen LogP contribution in [0.3, 0.4) is 0 Å². The van der Waals surface area contributed by atoms with Gasteiger partial charge in [0, 0.05) is 4.83 Å². The fraction of sp³-hybridized carbons (Fsp3) is 0.647. The largest absolute Gasteiger partial charge is 0.494 e. The van der Waals surface area contributed by atoms with E-state index in [9.17, 15) is 4.39 Å². The van der Waals surface area contributed by atoms with Crippen molar-refractivity contribution in [3.63, 3.8) is 0 Å². The van der Waals surface area contributed by atoms with Gasteiger partial charge in [0.15, 0.2) is 11.6 Å². The van der Waals surface area contributed by atoms with Crippen LogP contribution in [0.25, 0.3) is 0 Å². The number of benzene rings is 1. The van der Waals surface area contributed by atoms with E-state index in [1.807, 2.05) is 12.1 Å². The summed E-state index contributed by atoms with van der Waals surface area (Å²) in [7, 11) is 1.52. The van der Waals surface area contributed by atoms with Gasteiger partial charge in [0.05, 0.1) is 7.11 Å². The highest BCUT2D eigenvalue weighted by Crippen LogP contribution is 2.38. The van der Waals surface area contributed by atoms with Crippen molar-refractivity contribution >= 4 is 15.9 Å². The monoisotopic (exact) mass is 342 g/mol. The Morgan fingerprint density at radius 1 is 1.35 bits per heavy atom. The molecule has 0 aliphatic heterocycles. The molecule has 3 unspecified atom stereocenters. The molecular formula is C17H24BrFO. The summed E-state index contributed by atoms with van der Waals surface area (Å²) in [6.45, 7) is 2.25. The lowest BCUT2D eigenvalue weighted by Gasteiger charge is -2.33. The number of halogens is 2. The molecule has 0 amide bonds. The minimum Gasteiger partial charge on any atom is -0.494 e. The van der Waals surface area contributed by atoms with Gasteiger partial charge in [-0.3, -0.25) is 0 Å². The van der Waals surface area contributed by atoms with Crippen molar-refractivity contribution in [2.24, 2.45) is 11.8 Å². The van der Waals surface area contributed by atoms with Crippen molar-refractivity contribution in [3.05, 3.63) is 29.6 Å². The summed E-state index contributed by atoms with van der Waals surface area (Å²) >= 11 is 3.80. The molecule has 1 nitrogen and oxygen atoms in total. The summed E-state index contributed by atoms with van der Waals surface area (Å²) < 4.78 is 19.3. The highest BCUT2D eigenvalue weighted by atomic mass is 79.9. The zero-order valence-electron chi connectivity index (χ0n) is 12.4. The Labute approximate surface area is 130 Å². The first kappa shape index (κ1) is 15.8. The minimum atomic E-state index is -0.188. The minimum absolute atomic E-state index is 0.188. The van der Waals surface area contributed by atoms with Crippen molar-refractivity contribution in [2.75, 3.05) is 7.11 Å². The van der Waals surface area contributed by atoms with E-state index in [1.165, 1.54) is 39.2 Å². The van der Waals surface area contributed by atoms with Gasteiger partial charge in [-0.1, -0.05) is 47.8 Å². The summed E-state index contributed by atoms with van der Waals surface area (Å²) in [5.41, 5.74) is 0.788. The van der Waals surface area contributed by atoms with E-state index >= 15 is 0 Å². The van der Waals surface area contributed by atoms with Crippen molar-refractivity contribution in [3.8, 4) is 5.75 Å². The quantitative estimate of drug-likeness (QED) is 0.654. The number of hydrogen-bond acceptors (Lipinski definition) is 1. The van der Waals surface area contributed by atoms with Gasteiger partial charge in [0.25, 0.3) is 0 Å². The number of alkyl halides is 1. The lowest BCUT2D eigenvalue weighted by atomic mass is 9.77. The summed E-state index contributed by atoms with van der Waals surface area (Å²) in [5.74, 6) is 1.51. The third-order valence-electron chi connectivity index (χ3n) is 4.44. The molecule has 0 bridgehead atoms. The molecule has 3 atom stereocenters. The molecule has 3 heteroatoms. The molecule has 1 saturated carbocycles. The molecule has 0 heterocycles. The van der Waals surface area contributed by atoms with E-state index in [1.54, 1.807) is 6.07 Å². The first-order chi connectivity index (χ1) is 9.65. The van der Waals surface area contributed by atoms with Crippen LogP contribution in [-0.2, 0) is 6.42 Å². The average Bonchev–Trinajstić information content (AvgIpc) is 2.45. The van der Waals surface area contributed by atoms with E-state index in [-0.39, 0.29) is 5.82 Å². The Bertz CT molecular complexity index is 435. The lowest BCUT2D eigenvalue weighted by Crippen LogP contribution is -2.27. The van der Waals surface area contributed by atoms with Gasteiger partial charge in [0.1, 0.15) is 0 Å². The van der Waals surface area contributed by atoms with Crippen LogP contribution in [0.1, 0.15) is 44.6 Å². The average molecular weight is 343 g/mol. The van der Waals surface area contributed by atoms with Crippen molar-refractivity contribution < 1.29 is 9.13 Å². The topological polar surface area (TPSA) is 9.23 Å². The second-order valence-electron chi connectivity index (χ2n) is 5.88. The number of ether oxygens (including phenoxy) is 1. The van der Waals surface area contributed by atoms with E-state index in [4.69, 9.17) is 4.74 Å². The van der Waals surface area contributed by atoms with Gasteiger partial charge in [-0.2, -0.15) is 0 Å². The molecule has 0 aromatic heterocycles. The highest BCUT2D eigenvalue weighted by molar-refractivity contribution is 9.09. The first-order valence-electron chi connectivity index (χ1n) is 7.61. The van der Waals surface area contributed by atoms with Gasteiger partial charge < -0.3 is 4.74 Å². The Morgan fingerprint density at radius 2 is 2.15 bits per heavy atom. The van der Waals surface area contributed by atoms with Crippen LogP contribution in [0.2, 0.25) is 0 Å². The van der Waals surface area contributed by atoms with Crippen LogP contribution in [0, 0.1) is 17.7 Å². The number of methoxy groups -OCH3 is 1. The van der Waals surface area contributed by atoms with E-state index in [0.717, 1.165) is 17.9 Å². The molecular weight excluding hydrogens is 319 g/mol. The normalized spacial score (nSPS) is 26.5. The maximum Gasteiger partial charge on any atom is 0.168 e. The highest BCUT2D eigenvalue weighted by Gasteiger charge is 2.29. The molecule has 1 aromatic carbocycles. The summed E-state index contributed by atoms with van der Waals surface area (Å²) in [6.07, 6.45) is 7.08. The van der Waals surface area contributed by atoms with Gasteiger partial charge in [-0.25, -0.2) is 4.39 Å². The molecule has 20 heavy (non-hydrogen) atoms. The molecule has 0 radical (unpaired) electrons. The first-order valence-corrected chi connectivity index (χ1v) is 8.52. The van der Waals surface area contributed by atoms with E-state index < -0.39 is 0 Å². The predicted octanol–water partition coefficient (Wildman–Crippen LogP) is 5.36. The van der Waals surface area contributed by atoms with Crippen molar-refractivity contribution in [2.45, 2.75) is 50.3 Å². The van der Waals surface area contributed by atoms with E-state index in [0.29, 0.717) is 16.5 Å². The van der Waals surface area contributed by atoms with Gasteiger partial charge in [-0.05, 0) is 49.1 Å². The SMILES string of the molecule is CCCC1CCC(Br)C(Cc2cccc(OC)c2F)C1. The fourth-order valence-electron chi connectivity index (χ4n) is 3.36. The molecule has 112 valence electrons. The standard InChI is InChI=1S/C17H24BrFO/c1-3-5-12-8-9-15(18)14(10-12)11-13-6-4-7-16(20-2)17(13)19/h4,6-7,12,14-15H,3,5,8-11H2,1-2H3. The van der Waals surface area contributed by atoms with Crippen LogP contribution in [-0.4, -0.2) is 11.9 Å². The molecule has 2 rings (SSSR count). The second kappa shape index (κ2) is 7.44. The molecule has 0 N–H and O–H groups in total. The Balaban J connectivity index is 2.07. The van der Waals surface area contributed by atoms with Gasteiger partial charge in [0.2, 0.25) is 0 Å². The Morgan fingerprint density at radius 3 is 2.85 bits per heavy atom. The molecule has 0 spiro atoms. The third-order valence-corrected chi connectivity index (χ3v) is 5.65. The molecule has 1 aliphatic rings. The summed E-state index contributed by atoms with van der Waals surface area (Å²) in [6, 6.07) is 5.46. The zero-order chi connectivity index (χ0) is 14.5. The van der Waals surface area contributed by atoms with Crippen LogP contribution >= 0.6 is 15.9 Å². The second-order valence-corrected chi connectivity index (χ2v) is 7.06. The van der Waals surface area contributed by atoms with Gasteiger partial charge in [-0.15, -0.1) is 0 Å². The van der Waals surface area contributed by atoms with Crippen LogP contribution in [0.5, 0.6) is 5.75 Å². The molecule has 1 fully saturated rings. The van der Waals surface area contributed by atoms with Gasteiger partial charge >= 0.3 is 0 Å². The summed E-state index contributed by atoms with van der Waals surface area (Å²) in [4.78, 5) is 0.515. The molecule has 0 saturated heterocycles. The van der Waals surface area contributed by atoms with Crippen molar-refractivity contribution in [1.82, 2.24) is 0 Å². The van der Waals surface area contributed by atoms with Crippen molar-refractivity contribution in [1.29, 1.82) is 0 Å². The number of rotatable bonds is 5. The number of hydrogen-bond donors (Lipinski definition) is 0. The zero-order valence-corrected chi connectivity index (χ0v) is 14.0. The van der Waals surface area contributed by atoms with Crippen LogP contribution in [0.15, 0.2) is 18.2 Å². The summed E-state index contributed by atoms with van der Waals surface area (Å²) in [5, 5.41) is 0. The Kier molecular flexibility index (Phi) is 5.88. The third kappa shape index (κ3) is 3.75. The Hall–Kier alpha value is -0.570. The van der Waals surface area contributed by atoms with Crippen LogP contribution in [0.4, 0.5) is 4.39 Å². The lowest BCUT2D eigenvalue weighted by molar-refractivity contribution is 0.261. The molecule has 1 aliphatic carbocycles. The molecule has 1 aromatic rings. The maximum atomic E-state index is 14.3. The predicted molar refractivity (Wildman–Crippen MR) is 85.1 cm³/mol. The smallest absolute Gasteiger partial charge is 0.168 e. The van der Waals surface area contributed by atoms with Crippen LogP contribution < -0.4 is 4.74 Å².